The van der Waals surface area contributed by atoms with Crippen LogP contribution in [0.2, 0.25) is 0 Å². The number of anilines is 8. The molecule has 1 N–H and O–H groups in total. The summed E-state index contributed by atoms with van der Waals surface area (Å²) in [6, 6.07) is 61.3. The van der Waals surface area contributed by atoms with E-state index in [0.717, 1.165) is 35.6 Å². The summed E-state index contributed by atoms with van der Waals surface area (Å²) in [7, 11) is 0. The Balaban J connectivity index is 1.22. The van der Waals surface area contributed by atoms with Crippen LogP contribution in [0.4, 0.5) is 45.5 Å². The van der Waals surface area contributed by atoms with Gasteiger partial charge in [-0.25, -0.2) is 0 Å². The fourth-order valence-electron chi connectivity index (χ4n) is 9.39. The van der Waals surface area contributed by atoms with Crippen LogP contribution in [0.1, 0.15) is 44.5 Å². The molecule has 10 rings (SSSR count). The van der Waals surface area contributed by atoms with E-state index in [1.807, 2.05) is 0 Å². The first-order valence-electron chi connectivity index (χ1n) is 20.1. The Labute approximate surface area is 336 Å². The number of nitrogens with zero attached hydrogens (tertiary/aromatic N) is 2. The zero-order valence-electron chi connectivity index (χ0n) is 33.0. The summed E-state index contributed by atoms with van der Waals surface area (Å²) in [4.78, 5) is 4.93. The molecule has 3 nitrogen and oxygen atoms in total. The van der Waals surface area contributed by atoms with E-state index >= 15 is 0 Å². The molecule has 0 aromatic heterocycles. The quantitative estimate of drug-likeness (QED) is 0.168. The van der Waals surface area contributed by atoms with Crippen molar-refractivity contribution in [2.45, 2.75) is 40.5 Å². The van der Waals surface area contributed by atoms with Gasteiger partial charge in [0.15, 0.2) is 0 Å². The maximum absolute atomic E-state index is 4.25. The van der Waals surface area contributed by atoms with Crippen molar-refractivity contribution in [1.82, 2.24) is 0 Å². The Morgan fingerprint density at radius 3 is 0.982 bits per heavy atom. The van der Waals surface area contributed by atoms with Gasteiger partial charge in [0.1, 0.15) is 0 Å². The second-order valence-corrected chi connectivity index (χ2v) is 15.5. The first-order chi connectivity index (χ1) is 28.0. The van der Waals surface area contributed by atoms with Crippen molar-refractivity contribution >= 4 is 45.5 Å². The van der Waals surface area contributed by atoms with Gasteiger partial charge in [0.25, 0.3) is 0 Å². The van der Waals surface area contributed by atoms with Crippen molar-refractivity contribution in [3.05, 3.63) is 214 Å². The molecule has 276 valence electrons. The van der Waals surface area contributed by atoms with E-state index < -0.39 is 0 Å². The third kappa shape index (κ3) is 5.65. The van der Waals surface area contributed by atoms with Crippen LogP contribution in [0.5, 0.6) is 0 Å². The molecule has 0 bridgehead atoms. The zero-order chi connectivity index (χ0) is 38.6. The molecule has 8 aromatic rings. The fourth-order valence-corrected chi connectivity index (χ4v) is 9.39. The number of hydrogen-bond acceptors (Lipinski definition) is 3. The molecule has 0 fully saturated rings. The van der Waals surface area contributed by atoms with E-state index in [9.17, 15) is 0 Å². The van der Waals surface area contributed by atoms with Crippen LogP contribution in [0.3, 0.4) is 0 Å². The summed E-state index contributed by atoms with van der Waals surface area (Å²) in [5.74, 6) is 0. The molecule has 0 atom stereocenters. The molecular formula is C54H45N3. The third-order valence-electron chi connectivity index (χ3n) is 12.3. The molecule has 3 heteroatoms. The molecule has 2 aliphatic carbocycles. The van der Waals surface area contributed by atoms with Crippen LogP contribution in [0.25, 0.3) is 22.3 Å². The molecule has 0 saturated carbocycles. The van der Waals surface area contributed by atoms with Crippen molar-refractivity contribution in [1.29, 1.82) is 0 Å². The van der Waals surface area contributed by atoms with E-state index in [0.29, 0.717) is 0 Å². The van der Waals surface area contributed by atoms with Crippen LogP contribution in [0, 0.1) is 27.7 Å². The fraction of sp³-hybridized carbons (Fsp3) is 0.111. The first kappa shape index (κ1) is 34.6. The Hall–Kier alpha value is -6.84. The number of fused-ring (bicyclic) bond motifs is 6. The van der Waals surface area contributed by atoms with Crippen LogP contribution in [0.15, 0.2) is 170 Å². The monoisotopic (exact) mass is 735 g/mol. The molecule has 0 spiro atoms. The van der Waals surface area contributed by atoms with Crippen molar-refractivity contribution < 1.29 is 0 Å². The van der Waals surface area contributed by atoms with Crippen molar-refractivity contribution in [2.75, 3.05) is 15.1 Å². The van der Waals surface area contributed by atoms with E-state index in [4.69, 9.17) is 0 Å². The summed E-state index contributed by atoms with van der Waals surface area (Å²) < 4.78 is 0. The highest BCUT2D eigenvalue weighted by Crippen LogP contribution is 2.56. The van der Waals surface area contributed by atoms with E-state index in [-0.39, 0.29) is 0 Å². The number of nitrogens with one attached hydrogen (secondary N) is 1. The SMILES string of the molecule is Cc1c(C)c(N(c2ccccc2)c2ccccc2)c2c(c1Nc1c(C)c(C)c(N(c3ccccc3)c3ccccc3)c3c1Cc1ccccc1-3)Cc1ccccc1-2. The molecule has 0 aliphatic heterocycles. The van der Waals surface area contributed by atoms with Crippen molar-refractivity contribution in [3.8, 4) is 22.3 Å². The van der Waals surface area contributed by atoms with E-state index in [1.54, 1.807) is 0 Å². The van der Waals surface area contributed by atoms with Gasteiger partial charge < -0.3 is 15.1 Å². The standard InChI is InChI=1S/C54H45N3/c1-35-37(3)53(56(41-23-9-5-10-24-41)42-25-11-6-12-26-42)49-45-31-19-17-21-39(45)33-47(49)51(35)55-52-36(2)38(4)54(50-46-32-20-18-22-40(46)34-48(50)52)57(43-27-13-7-14-28-43)44-29-15-8-16-30-44/h5-32,55H,33-34H2,1-4H3. The van der Waals surface area contributed by atoms with Crippen molar-refractivity contribution in [2.24, 2.45) is 0 Å². The maximum Gasteiger partial charge on any atom is 0.0576 e. The van der Waals surface area contributed by atoms with E-state index in [2.05, 4.69) is 213 Å². The summed E-state index contributed by atoms with van der Waals surface area (Å²) in [6.07, 6.45) is 1.74. The van der Waals surface area contributed by atoms with Gasteiger partial charge in [0, 0.05) is 58.1 Å². The van der Waals surface area contributed by atoms with Crippen LogP contribution in [-0.2, 0) is 12.8 Å². The minimum absolute atomic E-state index is 0.869. The summed E-state index contributed by atoms with van der Waals surface area (Å²) in [5.41, 5.74) is 25.3. The normalized spacial score (nSPS) is 12.1. The minimum Gasteiger partial charge on any atom is -0.355 e. The summed E-state index contributed by atoms with van der Waals surface area (Å²) in [5, 5.41) is 4.25. The molecule has 0 heterocycles. The molecule has 0 unspecified atom stereocenters. The molecule has 2 aliphatic rings. The summed E-state index contributed by atoms with van der Waals surface area (Å²) >= 11 is 0. The van der Waals surface area contributed by atoms with Gasteiger partial charge in [0.05, 0.1) is 11.4 Å². The maximum atomic E-state index is 4.25. The molecule has 8 aromatic carbocycles. The Kier molecular flexibility index (Phi) is 8.52. The Morgan fingerprint density at radius 2 is 0.649 bits per heavy atom. The lowest BCUT2D eigenvalue weighted by Gasteiger charge is -2.33. The second-order valence-electron chi connectivity index (χ2n) is 15.5. The van der Waals surface area contributed by atoms with Gasteiger partial charge in [0.2, 0.25) is 0 Å². The van der Waals surface area contributed by atoms with Crippen LogP contribution in [-0.4, -0.2) is 0 Å². The smallest absolute Gasteiger partial charge is 0.0576 e. The van der Waals surface area contributed by atoms with Crippen LogP contribution < -0.4 is 15.1 Å². The van der Waals surface area contributed by atoms with Crippen molar-refractivity contribution in [3.63, 3.8) is 0 Å². The predicted molar refractivity (Wildman–Crippen MR) is 241 cm³/mol. The number of benzene rings is 8. The Morgan fingerprint density at radius 1 is 0.351 bits per heavy atom. The molecular weight excluding hydrogens is 691 g/mol. The van der Waals surface area contributed by atoms with Gasteiger partial charge >= 0.3 is 0 Å². The average molecular weight is 736 g/mol. The van der Waals surface area contributed by atoms with Gasteiger partial charge in [-0.15, -0.1) is 0 Å². The predicted octanol–water partition coefficient (Wildman–Crippen LogP) is 14.7. The van der Waals surface area contributed by atoms with Gasteiger partial charge in [-0.1, -0.05) is 121 Å². The topological polar surface area (TPSA) is 18.5 Å². The van der Waals surface area contributed by atoms with Gasteiger partial charge in [-0.3, -0.25) is 0 Å². The lowest BCUT2D eigenvalue weighted by Crippen LogP contribution is -2.16. The first-order valence-corrected chi connectivity index (χ1v) is 20.1. The highest BCUT2D eigenvalue weighted by molar-refractivity contribution is 6.02. The average Bonchev–Trinajstić information content (AvgIpc) is 3.84. The highest BCUT2D eigenvalue weighted by atomic mass is 15.2. The molecule has 0 radical (unpaired) electrons. The molecule has 0 amide bonds. The lowest BCUT2D eigenvalue weighted by atomic mass is 9.90. The number of para-hydroxylation sites is 4. The second kappa shape index (κ2) is 14.0. The number of rotatable bonds is 8. The number of hydrogen-bond donors (Lipinski definition) is 1. The molecule has 57 heavy (non-hydrogen) atoms. The largest absolute Gasteiger partial charge is 0.355 e. The van der Waals surface area contributed by atoms with E-state index in [1.165, 1.54) is 89.5 Å². The zero-order valence-corrected chi connectivity index (χ0v) is 33.0. The summed E-state index contributed by atoms with van der Waals surface area (Å²) in [6.45, 7) is 9.26. The van der Waals surface area contributed by atoms with Gasteiger partial charge in [-0.05, 0) is 132 Å². The molecule has 0 saturated heterocycles. The lowest BCUT2D eigenvalue weighted by molar-refractivity contribution is 1.17. The highest BCUT2D eigenvalue weighted by Gasteiger charge is 2.35. The minimum atomic E-state index is 0.869. The Bertz CT molecular complexity index is 2520. The third-order valence-corrected chi connectivity index (χ3v) is 12.3. The van der Waals surface area contributed by atoms with Gasteiger partial charge in [-0.2, -0.15) is 0 Å². The van der Waals surface area contributed by atoms with Crippen LogP contribution >= 0.6 is 0 Å².